The van der Waals surface area contributed by atoms with Gasteiger partial charge in [0.15, 0.2) is 0 Å². The topological polar surface area (TPSA) is 52.7 Å². The van der Waals surface area contributed by atoms with Crippen LogP contribution in [0.25, 0.3) is 66.4 Å². The van der Waals surface area contributed by atoms with Gasteiger partial charge >= 0.3 is 5.69 Å². The predicted octanol–water partition coefficient (Wildman–Crippen LogP) is 8.15. The van der Waals surface area contributed by atoms with Crippen molar-refractivity contribution in [2.24, 2.45) is 7.05 Å². The summed E-state index contributed by atoms with van der Waals surface area (Å²) in [6.07, 6.45) is 4.75. The molecule has 0 fully saturated rings. The Hall–Kier alpha value is -5.03. The van der Waals surface area contributed by atoms with Gasteiger partial charge in [-0.1, -0.05) is 60.7 Å². The fourth-order valence-corrected chi connectivity index (χ4v) is 6.08. The van der Waals surface area contributed by atoms with E-state index in [-0.39, 0.29) is 5.69 Å². The molecule has 0 atom stereocenters. The molecule has 4 heterocycles. The number of aromatic nitrogens is 2. The second-order valence-corrected chi connectivity index (χ2v) is 10.2. The molecule has 0 N–H and O–H groups in total. The SMILES string of the molecule is Cc1cc2c3ccccc3n(C)c(=O)n2c1/C=C\Cc1c2oc3ccccc3c2cc2c1oc1ccccc12. The first-order chi connectivity index (χ1) is 19.1. The predicted molar refractivity (Wildman–Crippen MR) is 159 cm³/mol. The molecule has 0 saturated carbocycles. The van der Waals surface area contributed by atoms with Crippen LogP contribution in [-0.2, 0) is 13.5 Å². The van der Waals surface area contributed by atoms with E-state index in [1.54, 1.807) is 4.57 Å². The average Bonchev–Trinajstić information content (AvgIpc) is 3.63. The van der Waals surface area contributed by atoms with Gasteiger partial charge in [0.1, 0.15) is 22.3 Å². The van der Waals surface area contributed by atoms with Gasteiger partial charge in [-0.2, -0.15) is 0 Å². The van der Waals surface area contributed by atoms with E-state index < -0.39 is 0 Å². The van der Waals surface area contributed by atoms with Crippen LogP contribution in [0.1, 0.15) is 16.8 Å². The van der Waals surface area contributed by atoms with Crippen LogP contribution < -0.4 is 5.69 Å². The minimum atomic E-state index is -0.0597. The molecule has 0 bridgehead atoms. The molecule has 0 unspecified atom stereocenters. The summed E-state index contributed by atoms with van der Waals surface area (Å²) in [6, 6.07) is 28.6. The number of nitrogens with zero attached hydrogens (tertiary/aromatic N) is 2. The molecule has 0 aliphatic carbocycles. The summed E-state index contributed by atoms with van der Waals surface area (Å²) in [5.41, 5.74) is 8.12. The zero-order chi connectivity index (χ0) is 26.2. The number of hydrogen-bond donors (Lipinski definition) is 0. The molecule has 4 aromatic carbocycles. The van der Waals surface area contributed by atoms with Crippen LogP contribution >= 0.6 is 0 Å². The van der Waals surface area contributed by atoms with Crippen molar-refractivity contribution < 1.29 is 8.83 Å². The Bertz CT molecular complexity index is 2270. The fraction of sp³-hybridized carbons (Fsp3) is 0.0882. The highest BCUT2D eigenvalue weighted by atomic mass is 16.3. The van der Waals surface area contributed by atoms with Crippen LogP contribution in [0.3, 0.4) is 0 Å². The van der Waals surface area contributed by atoms with E-state index in [4.69, 9.17) is 8.83 Å². The fourth-order valence-electron chi connectivity index (χ4n) is 6.08. The van der Waals surface area contributed by atoms with Gasteiger partial charge in [0, 0.05) is 39.5 Å². The number of aryl methyl sites for hydroxylation is 2. The number of fused-ring (bicyclic) bond motifs is 9. The maximum atomic E-state index is 13.4. The van der Waals surface area contributed by atoms with Gasteiger partial charge in [0.2, 0.25) is 0 Å². The second-order valence-electron chi connectivity index (χ2n) is 10.2. The number of allylic oxidation sites excluding steroid dienone is 1. The monoisotopic (exact) mass is 508 g/mol. The molecule has 5 nitrogen and oxygen atoms in total. The van der Waals surface area contributed by atoms with Crippen molar-refractivity contribution >= 4 is 66.4 Å². The Morgan fingerprint density at radius 3 is 1.97 bits per heavy atom. The van der Waals surface area contributed by atoms with E-state index in [1.807, 2.05) is 66.0 Å². The summed E-state index contributed by atoms with van der Waals surface area (Å²) in [5, 5.41) is 5.40. The Balaban J connectivity index is 1.34. The van der Waals surface area contributed by atoms with Crippen molar-refractivity contribution in [2.75, 3.05) is 0 Å². The molecule has 0 amide bonds. The lowest BCUT2D eigenvalue weighted by molar-refractivity contribution is 0.648. The van der Waals surface area contributed by atoms with E-state index in [0.29, 0.717) is 6.42 Å². The summed E-state index contributed by atoms with van der Waals surface area (Å²) in [7, 11) is 1.83. The lowest BCUT2D eigenvalue weighted by Gasteiger charge is -2.08. The van der Waals surface area contributed by atoms with Gasteiger partial charge in [0.05, 0.1) is 16.7 Å². The van der Waals surface area contributed by atoms with Crippen LogP contribution in [0, 0.1) is 6.92 Å². The third kappa shape index (κ3) is 3.04. The molecular weight excluding hydrogens is 484 g/mol. The first-order valence-corrected chi connectivity index (χ1v) is 13.1. The Labute approximate surface area is 222 Å². The van der Waals surface area contributed by atoms with Crippen LogP contribution in [0.2, 0.25) is 0 Å². The average molecular weight is 509 g/mol. The first-order valence-electron chi connectivity index (χ1n) is 13.1. The number of para-hydroxylation sites is 3. The quantitative estimate of drug-likeness (QED) is 0.242. The van der Waals surface area contributed by atoms with Crippen LogP contribution in [0.5, 0.6) is 0 Å². The first kappa shape index (κ1) is 22.0. The molecule has 0 spiro atoms. The molecular formula is C34H24N2O3. The maximum Gasteiger partial charge on any atom is 0.333 e. The number of benzene rings is 4. The van der Waals surface area contributed by atoms with Crippen molar-refractivity contribution in [1.29, 1.82) is 0 Å². The molecule has 39 heavy (non-hydrogen) atoms. The van der Waals surface area contributed by atoms with Gasteiger partial charge in [-0.25, -0.2) is 4.79 Å². The van der Waals surface area contributed by atoms with Crippen LogP contribution in [0.4, 0.5) is 0 Å². The van der Waals surface area contributed by atoms with Crippen molar-refractivity contribution in [3.8, 4) is 0 Å². The minimum absolute atomic E-state index is 0.0597. The van der Waals surface area contributed by atoms with Gasteiger partial charge in [-0.3, -0.25) is 8.97 Å². The summed E-state index contributed by atoms with van der Waals surface area (Å²) >= 11 is 0. The number of hydrogen-bond acceptors (Lipinski definition) is 3. The number of rotatable bonds is 3. The normalized spacial score (nSPS) is 12.5. The second kappa shape index (κ2) is 7.98. The van der Waals surface area contributed by atoms with E-state index in [9.17, 15) is 4.79 Å². The van der Waals surface area contributed by atoms with Gasteiger partial charge in [0.25, 0.3) is 0 Å². The lowest BCUT2D eigenvalue weighted by Crippen LogP contribution is -2.25. The van der Waals surface area contributed by atoms with E-state index in [0.717, 1.165) is 77.1 Å². The molecule has 5 heteroatoms. The molecule has 8 aromatic rings. The third-order valence-corrected chi connectivity index (χ3v) is 7.96. The summed E-state index contributed by atoms with van der Waals surface area (Å²) in [6.45, 7) is 2.05. The molecule has 8 rings (SSSR count). The highest BCUT2D eigenvalue weighted by Crippen LogP contribution is 2.40. The van der Waals surface area contributed by atoms with Crippen molar-refractivity contribution in [3.05, 3.63) is 118 Å². The molecule has 4 aromatic heterocycles. The van der Waals surface area contributed by atoms with Gasteiger partial charge in [-0.15, -0.1) is 0 Å². The molecule has 0 aliphatic rings. The highest BCUT2D eigenvalue weighted by Gasteiger charge is 2.19. The Morgan fingerprint density at radius 1 is 0.718 bits per heavy atom. The number of furan rings is 2. The zero-order valence-corrected chi connectivity index (χ0v) is 21.6. The Morgan fingerprint density at radius 2 is 1.31 bits per heavy atom. The smallest absolute Gasteiger partial charge is 0.333 e. The van der Waals surface area contributed by atoms with Crippen LogP contribution in [0.15, 0.2) is 105 Å². The standard InChI is InChI=1S/C34H24N2O3/c1-20-18-29-23-12-3-6-14-28(23)35(2)34(37)36(29)27(20)15-9-13-24-32-25(21-10-4-7-16-30(21)38-32)19-26-22-11-5-8-17-31(22)39-33(24)26/h3-12,14-19H,13H2,1-2H3/b15-9-. The molecule has 0 saturated heterocycles. The highest BCUT2D eigenvalue weighted by molar-refractivity contribution is 6.17. The maximum absolute atomic E-state index is 13.4. The lowest BCUT2D eigenvalue weighted by atomic mass is 10.0. The Kier molecular flexibility index (Phi) is 4.50. The summed E-state index contributed by atoms with van der Waals surface area (Å²) in [4.78, 5) is 13.4. The van der Waals surface area contributed by atoms with E-state index >= 15 is 0 Å². The largest absolute Gasteiger partial charge is 0.456 e. The molecule has 0 radical (unpaired) electrons. The van der Waals surface area contributed by atoms with Crippen molar-refractivity contribution in [2.45, 2.75) is 13.3 Å². The minimum Gasteiger partial charge on any atom is -0.456 e. The van der Waals surface area contributed by atoms with Crippen molar-refractivity contribution in [1.82, 2.24) is 8.97 Å². The third-order valence-electron chi connectivity index (χ3n) is 7.96. The summed E-state index contributed by atoms with van der Waals surface area (Å²) < 4.78 is 16.3. The van der Waals surface area contributed by atoms with Gasteiger partial charge in [-0.05, 0) is 55.3 Å². The molecule has 0 aliphatic heterocycles. The van der Waals surface area contributed by atoms with E-state index in [2.05, 4.69) is 49.4 Å². The summed E-state index contributed by atoms with van der Waals surface area (Å²) in [5.74, 6) is 0. The molecule has 188 valence electrons. The van der Waals surface area contributed by atoms with Crippen LogP contribution in [-0.4, -0.2) is 8.97 Å². The zero-order valence-electron chi connectivity index (χ0n) is 21.6. The van der Waals surface area contributed by atoms with E-state index in [1.165, 1.54) is 0 Å². The van der Waals surface area contributed by atoms with Crippen molar-refractivity contribution in [3.63, 3.8) is 0 Å². The van der Waals surface area contributed by atoms with Gasteiger partial charge < -0.3 is 8.83 Å².